The number of fused-ring (bicyclic) bond motifs is 1. The minimum absolute atomic E-state index is 0.206. The Morgan fingerprint density at radius 2 is 1.81 bits per heavy atom. The van der Waals surface area contributed by atoms with Crippen molar-refractivity contribution in [2.24, 2.45) is 0 Å². The van der Waals surface area contributed by atoms with Crippen LogP contribution in [-0.2, 0) is 11.5 Å². The number of thioether (sulfide) groups is 1. The van der Waals surface area contributed by atoms with E-state index in [1.165, 1.54) is 0 Å². The Balaban J connectivity index is 1.38. The van der Waals surface area contributed by atoms with Crippen LogP contribution < -0.4 is 20.5 Å². The van der Waals surface area contributed by atoms with Crippen LogP contribution in [0.3, 0.4) is 0 Å². The lowest BCUT2D eigenvalue weighted by Gasteiger charge is -2.07. The highest BCUT2D eigenvalue weighted by Gasteiger charge is 2.13. The van der Waals surface area contributed by atoms with E-state index in [9.17, 15) is 0 Å². The predicted octanol–water partition coefficient (Wildman–Crippen LogP) is 3.36. The van der Waals surface area contributed by atoms with Gasteiger partial charge in [-0.2, -0.15) is 15.0 Å². The molecular formula is C18H17N5O2S. The van der Waals surface area contributed by atoms with Gasteiger partial charge in [0.1, 0.15) is 5.82 Å². The molecule has 26 heavy (non-hydrogen) atoms. The first-order valence-corrected chi connectivity index (χ1v) is 9.20. The van der Waals surface area contributed by atoms with Gasteiger partial charge in [0.25, 0.3) is 0 Å². The monoisotopic (exact) mass is 367 g/mol. The average molecular weight is 367 g/mol. The number of ether oxygens (including phenoxy) is 2. The summed E-state index contributed by atoms with van der Waals surface area (Å²) in [5.41, 5.74) is 7.87. The van der Waals surface area contributed by atoms with E-state index >= 15 is 0 Å². The third-order valence-electron chi connectivity index (χ3n) is 3.67. The van der Waals surface area contributed by atoms with Crippen molar-refractivity contribution in [3.8, 4) is 11.5 Å². The fourth-order valence-electron chi connectivity index (χ4n) is 2.50. The molecule has 4 rings (SSSR count). The van der Waals surface area contributed by atoms with Crippen LogP contribution in [0.2, 0.25) is 0 Å². The zero-order valence-electron chi connectivity index (χ0n) is 13.9. The highest BCUT2D eigenvalue weighted by molar-refractivity contribution is 7.97. The van der Waals surface area contributed by atoms with E-state index in [-0.39, 0.29) is 12.7 Å². The topological polar surface area (TPSA) is 95.2 Å². The van der Waals surface area contributed by atoms with Gasteiger partial charge in [0.05, 0.1) is 5.75 Å². The predicted molar refractivity (Wildman–Crippen MR) is 102 cm³/mol. The van der Waals surface area contributed by atoms with Gasteiger partial charge in [0.2, 0.25) is 18.7 Å². The normalized spacial score (nSPS) is 12.2. The number of para-hydroxylation sites is 1. The van der Waals surface area contributed by atoms with Crippen LogP contribution in [0, 0.1) is 0 Å². The molecule has 0 unspecified atom stereocenters. The molecular weight excluding hydrogens is 350 g/mol. The molecule has 7 nitrogen and oxygen atoms in total. The van der Waals surface area contributed by atoms with Crippen molar-refractivity contribution in [3.05, 3.63) is 59.9 Å². The average Bonchev–Trinajstić information content (AvgIpc) is 3.10. The lowest BCUT2D eigenvalue weighted by atomic mass is 10.2. The van der Waals surface area contributed by atoms with E-state index < -0.39 is 0 Å². The number of hydrogen-bond acceptors (Lipinski definition) is 8. The highest BCUT2D eigenvalue weighted by atomic mass is 32.2. The van der Waals surface area contributed by atoms with Gasteiger partial charge < -0.3 is 20.5 Å². The van der Waals surface area contributed by atoms with Gasteiger partial charge in [-0.15, -0.1) is 11.8 Å². The van der Waals surface area contributed by atoms with Gasteiger partial charge in [-0.05, 0) is 29.8 Å². The first-order chi connectivity index (χ1) is 12.8. The van der Waals surface area contributed by atoms with Gasteiger partial charge in [-0.3, -0.25) is 0 Å². The molecule has 1 aliphatic heterocycles. The fraction of sp³-hybridized carbons (Fsp3) is 0.167. The molecule has 0 atom stereocenters. The number of nitrogens with zero attached hydrogens (tertiary/aromatic N) is 3. The van der Waals surface area contributed by atoms with Crippen molar-refractivity contribution in [1.82, 2.24) is 15.0 Å². The molecule has 132 valence electrons. The van der Waals surface area contributed by atoms with Crippen molar-refractivity contribution >= 4 is 29.3 Å². The first kappa shape index (κ1) is 16.5. The molecule has 3 N–H and O–H groups in total. The van der Waals surface area contributed by atoms with Crippen LogP contribution in [0.1, 0.15) is 11.4 Å². The molecule has 3 aromatic rings. The molecule has 0 aliphatic carbocycles. The third kappa shape index (κ3) is 3.97. The Bertz CT molecular complexity index is 907. The number of benzene rings is 2. The summed E-state index contributed by atoms with van der Waals surface area (Å²) in [5, 5.41) is 3.14. The van der Waals surface area contributed by atoms with Crippen molar-refractivity contribution in [3.63, 3.8) is 0 Å². The smallest absolute Gasteiger partial charge is 0.232 e. The van der Waals surface area contributed by atoms with Crippen molar-refractivity contribution < 1.29 is 9.47 Å². The number of nitrogens with two attached hydrogens (primary N) is 1. The zero-order valence-corrected chi connectivity index (χ0v) is 14.7. The highest BCUT2D eigenvalue weighted by Crippen LogP contribution is 2.33. The van der Waals surface area contributed by atoms with Crippen LogP contribution in [-0.4, -0.2) is 21.7 Å². The largest absolute Gasteiger partial charge is 0.454 e. The van der Waals surface area contributed by atoms with E-state index in [0.29, 0.717) is 17.5 Å². The van der Waals surface area contributed by atoms with E-state index in [1.54, 1.807) is 11.8 Å². The number of nitrogens with one attached hydrogen (secondary N) is 1. The molecule has 0 saturated heterocycles. The summed E-state index contributed by atoms with van der Waals surface area (Å²) in [5.74, 6) is 4.32. The van der Waals surface area contributed by atoms with Gasteiger partial charge in [0, 0.05) is 11.4 Å². The van der Waals surface area contributed by atoms with Gasteiger partial charge in [-0.1, -0.05) is 24.3 Å². The van der Waals surface area contributed by atoms with Crippen LogP contribution >= 0.6 is 11.8 Å². The van der Waals surface area contributed by atoms with Gasteiger partial charge in [0.15, 0.2) is 11.5 Å². The number of hydrogen-bond donors (Lipinski definition) is 2. The van der Waals surface area contributed by atoms with Gasteiger partial charge in [-0.25, -0.2) is 0 Å². The van der Waals surface area contributed by atoms with Crippen molar-refractivity contribution in [2.45, 2.75) is 11.5 Å². The summed E-state index contributed by atoms with van der Waals surface area (Å²) >= 11 is 1.70. The Morgan fingerprint density at radius 1 is 0.962 bits per heavy atom. The summed E-state index contributed by atoms with van der Waals surface area (Å²) in [4.78, 5) is 12.8. The quantitative estimate of drug-likeness (QED) is 0.685. The summed E-state index contributed by atoms with van der Waals surface area (Å²) in [6.45, 7) is 0.285. The van der Waals surface area contributed by atoms with E-state index in [4.69, 9.17) is 15.2 Å². The molecule has 2 aromatic carbocycles. The Hall–Kier alpha value is -3.00. The fourth-order valence-corrected chi connectivity index (χ4v) is 3.33. The minimum atomic E-state index is 0.206. The summed E-state index contributed by atoms with van der Waals surface area (Å²) in [6.07, 6.45) is 0. The Morgan fingerprint density at radius 3 is 2.69 bits per heavy atom. The summed E-state index contributed by atoms with van der Waals surface area (Å²) in [7, 11) is 0. The molecule has 0 bridgehead atoms. The Labute approximate surface area is 155 Å². The Kier molecular flexibility index (Phi) is 4.74. The summed E-state index contributed by atoms with van der Waals surface area (Å²) in [6, 6.07) is 15.7. The molecule has 1 aliphatic rings. The maximum absolute atomic E-state index is 5.82. The summed E-state index contributed by atoms with van der Waals surface area (Å²) < 4.78 is 10.7. The van der Waals surface area contributed by atoms with Crippen molar-refractivity contribution in [2.75, 3.05) is 17.8 Å². The SMILES string of the molecule is Nc1nc(CSCc2ccc3c(c2)OCO3)nc(Nc2ccccc2)n1. The number of anilines is 3. The molecule has 0 radical (unpaired) electrons. The second kappa shape index (κ2) is 7.49. The molecule has 8 heteroatoms. The molecule has 0 spiro atoms. The zero-order chi connectivity index (χ0) is 17.8. The molecule has 1 aromatic heterocycles. The van der Waals surface area contributed by atoms with Crippen LogP contribution in [0.25, 0.3) is 0 Å². The molecule has 2 heterocycles. The van der Waals surface area contributed by atoms with E-state index in [1.807, 2.05) is 48.5 Å². The maximum Gasteiger partial charge on any atom is 0.232 e. The van der Waals surface area contributed by atoms with Crippen LogP contribution in [0.4, 0.5) is 17.6 Å². The third-order valence-corrected chi connectivity index (χ3v) is 4.67. The van der Waals surface area contributed by atoms with Gasteiger partial charge >= 0.3 is 0 Å². The van der Waals surface area contributed by atoms with E-state index in [2.05, 4.69) is 20.3 Å². The van der Waals surface area contributed by atoms with E-state index in [0.717, 1.165) is 28.5 Å². The van der Waals surface area contributed by atoms with Crippen molar-refractivity contribution in [1.29, 1.82) is 0 Å². The molecule has 0 fully saturated rings. The second-order valence-corrected chi connectivity index (χ2v) is 6.59. The lowest BCUT2D eigenvalue weighted by Crippen LogP contribution is -2.06. The van der Waals surface area contributed by atoms with Crippen LogP contribution in [0.15, 0.2) is 48.5 Å². The number of nitrogen functional groups attached to an aromatic ring is 1. The molecule has 0 amide bonds. The van der Waals surface area contributed by atoms with Crippen LogP contribution in [0.5, 0.6) is 11.5 Å². The first-order valence-electron chi connectivity index (χ1n) is 8.05. The maximum atomic E-state index is 5.82. The number of aromatic nitrogens is 3. The second-order valence-electron chi connectivity index (χ2n) is 5.60. The number of rotatable bonds is 6. The molecule has 0 saturated carbocycles. The lowest BCUT2D eigenvalue weighted by molar-refractivity contribution is 0.174. The minimum Gasteiger partial charge on any atom is -0.454 e. The standard InChI is InChI=1S/C18H17N5O2S/c19-17-21-16(22-18(23-17)20-13-4-2-1-3-5-13)10-26-9-12-6-7-14-15(8-12)25-11-24-14/h1-8H,9-11H2,(H3,19,20,21,22,23).